The van der Waals surface area contributed by atoms with E-state index in [4.69, 9.17) is 0 Å². The van der Waals surface area contributed by atoms with Gasteiger partial charge in [-0.2, -0.15) is 0 Å². The van der Waals surface area contributed by atoms with Crippen LogP contribution in [0.4, 0.5) is 0 Å². The number of amides is 1. The zero-order valence-electron chi connectivity index (χ0n) is 40.7. The molecule has 354 valence electrons. The van der Waals surface area contributed by atoms with E-state index in [1.165, 1.54) is 231 Å². The molecule has 0 bridgehead atoms. The predicted molar refractivity (Wildman–Crippen MR) is 267 cm³/mol. The summed E-state index contributed by atoms with van der Waals surface area (Å²) in [6, 6.07) is -0.630. The molecule has 0 saturated carbocycles. The third kappa shape index (κ3) is 47.7. The molecule has 4 nitrogen and oxygen atoms in total. The van der Waals surface area contributed by atoms with Crippen LogP contribution in [0.1, 0.15) is 296 Å². The molecule has 0 fully saturated rings. The highest BCUT2D eigenvalue weighted by molar-refractivity contribution is 5.76. The van der Waals surface area contributed by atoms with Crippen LogP contribution in [0.25, 0.3) is 0 Å². The molecular weight excluding hydrogens is 735 g/mol. The fourth-order valence-corrected chi connectivity index (χ4v) is 8.45. The van der Waals surface area contributed by atoms with E-state index in [-0.39, 0.29) is 12.5 Å². The van der Waals surface area contributed by atoms with Crippen molar-refractivity contribution in [3.63, 3.8) is 0 Å². The Morgan fingerprint density at radius 3 is 1.03 bits per heavy atom. The molecule has 0 aliphatic heterocycles. The van der Waals surface area contributed by atoms with Gasteiger partial charge in [-0.1, -0.05) is 275 Å². The molecule has 0 saturated heterocycles. The molecule has 0 radical (unpaired) electrons. The second-order valence-electron chi connectivity index (χ2n) is 18.7. The first-order valence-electron chi connectivity index (χ1n) is 27.2. The van der Waals surface area contributed by atoms with Crippen molar-refractivity contribution < 1.29 is 15.0 Å². The van der Waals surface area contributed by atoms with Gasteiger partial charge in [0.15, 0.2) is 0 Å². The smallest absolute Gasteiger partial charge is 0.220 e. The maximum Gasteiger partial charge on any atom is 0.220 e. The van der Waals surface area contributed by atoms with Gasteiger partial charge >= 0.3 is 0 Å². The molecule has 0 aromatic carbocycles. The normalized spacial score (nSPS) is 13.1. The lowest BCUT2D eigenvalue weighted by atomic mass is 10.0. The second-order valence-corrected chi connectivity index (χ2v) is 18.7. The number of hydrogen-bond donors (Lipinski definition) is 3. The SMILES string of the molecule is CCCCC/C=C\C/C=C\CCCCCCCC(=O)NC(CO)C(O)/C=C/CCCCCCCCCCCCCCCCCCCCCCCCCCCCCCCCC. The van der Waals surface area contributed by atoms with Gasteiger partial charge in [-0.15, -0.1) is 0 Å². The Hall–Kier alpha value is -1.39. The molecule has 0 aromatic heterocycles. The van der Waals surface area contributed by atoms with E-state index >= 15 is 0 Å². The monoisotopic (exact) mass is 842 g/mol. The van der Waals surface area contributed by atoms with Gasteiger partial charge in [-0.05, 0) is 51.4 Å². The molecule has 0 spiro atoms. The lowest BCUT2D eigenvalue weighted by Gasteiger charge is -2.20. The van der Waals surface area contributed by atoms with Crippen LogP contribution in [0.5, 0.6) is 0 Å². The molecule has 0 aliphatic carbocycles. The molecule has 3 N–H and O–H groups in total. The van der Waals surface area contributed by atoms with Gasteiger partial charge in [0.1, 0.15) is 0 Å². The Morgan fingerprint density at radius 2 is 0.683 bits per heavy atom. The summed E-state index contributed by atoms with van der Waals surface area (Å²) in [4.78, 5) is 12.4. The van der Waals surface area contributed by atoms with Gasteiger partial charge < -0.3 is 15.5 Å². The topological polar surface area (TPSA) is 69.6 Å². The molecule has 0 aromatic rings. The zero-order valence-corrected chi connectivity index (χ0v) is 40.7. The van der Waals surface area contributed by atoms with Crippen molar-refractivity contribution in [2.75, 3.05) is 6.61 Å². The molecule has 1 amide bonds. The second kappa shape index (κ2) is 52.0. The minimum Gasteiger partial charge on any atom is -0.394 e. The van der Waals surface area contributed by atoms with E-state index in [0.29, 0.717) is 6.42 Å². The van der Waals surface area contributed by atoms with E-state index in [9.17, 15) is 15.0 Å². The molecule has 2 atom stereocenters. The van der Waals surface area contributed by atoms with Crippen LogP contribution in [0, 0.1) is 0 Å². The van der Waals surface area contributed by atoms with Crippen LogP contribution in [-0.2, 0) is 4.79 Å². The largest absolute Gasteiger partial charge is 0.394 e. The number of rotatable bonds is 50. The summed E-state index contributed by atoms with van der Waals surface area (Å²) in [5.41, 5.74) is 0. The summed E-state index contributed by atoms with van der Waals surface area (Å²) in [5, 5.41) is 23.1. The van der Waals surface area contributed by atoms with Crippen LogP contribution in [0.2, 0.25) is 0 Å². The molecule has 60 heavy (non-hydrogen) atoms. The number of hydrogen-bond acceptors (Lipinski definition) is 3. The Kier molecular flexibility index (Phi) is 50.8. The summed E-state index contributed by atoms with van der Waals surface area (Å²) < 4.78 is 0. The molecule has 0 aliphatic rings. The van der Waals surface area contributed by atoms with Crippen molar-refractivity contribution in [3.05, 3.63) is 36.5 Å². The van der Waals surface area contributed by atoms with Crippen molar-refractivity contribution in [1.29, 1.82) is 0 Å². The van der Waals surface area contributed by atoms with Crippen LogP contribution in [0.15, 0.2) is 36.5 Å². The average Bonchev–Trinajstić information content (AvgIpc) is 3.25. The van der Waals surface area contributed by atoms with Gasteiger partial charge in [-0.25, -0.2) is 0 Å². The average molecular weight is 842 g/mol. The molecule has 0 heterocycles. The van der Waals surface area contributed by atoms with E-state index < -0.39 is 12.1 Å². The third-order valence-corrected chi connectivity index (χ3v) is 12.6. The third-order valence-electron chi connectivity index (χ3n) is 12.6. The molecule has 4 heteroatoms. The summed E-state index contributed by atoms with van der Waals surface area (Å²) >= 11 is 0. The maximum absolute atomic E-state index is 12.4. The Labute approximate surface area is 376 Å². The van der Waals surface area contributed by atoms with Crippen LogP contribution >= 0.6 is 0 Å². The van der Waals surface area contributed by atoms with Crippen LogP contribution in [0.3, 0.4) is 0 Å². The Balaban J connectivity index is 3.44. The van der Waals surface area contributed by atoms with Crippen molar-refractivity contribution in [2.24, 2.45) is 0 Å². The quantitative estimate of drug-likeness (QED) is 0.0422. The number of carbonyl (C=O) groups is 1. The van der Waals surface area contributed by atoms with Crippen molar-refractivity contribution in [2.45, 2.75) is 309 Å². The highest BCUT2D eigenvalue weighted by atomic mass is 16.3. The van der Waals surface area contributed by atoms with Crippen molar-refractivity contribution >= 4 is 5.91 Å². The number of aliphatic hydroxyl groups is 2. The van der Waals surface area contributed by atoms with E-state index in [0.717, 1.165) is 44.9 Å². The predicted octanol–water partition coefficient (Wildman–Crippen LogP) is 17.7. The zero-order chi connectivity index (χ0) is 43.5. The minimum absolute atomic E-state index is 0.0756. The number of allylic oxidation sites excluding steroid dienone is 5. The van der Waals surface area contributed by atoms with Gasteiger partial charge in [0.25, 0.3) is 0 Å². The van der Waals surface area contributed by atoms with Crippen molar-refractivity contribution in [1.82, 2.24) is 5.32 Å². The highest BCUT2D eigenvalue weighted by Gasteiger charge is 2.18. The number of nitrogens with one attached hydrogen (secondary N) is 1. The summed E-state index contributed by atoms with van der Waals surface area (Å²) in [6.45, 7) is 4.30. The fraction of sp³-hybridized carbons (Fsp3) is 0.875. The first-order chi connectivity index (χ1) is 29.7. The molecule has 2 unspecified atom stereocenters. The number of aliphatic hydroxyl groups excluding tert-OH is 2. The number of carbonyl (C=O) groups excluding carboxylic acids is 1. The fourth-order valence-electron chi connectivity index (χ4n) is 8.45. The van der Waals surface area contributed by atoms with Gasteiger partial charge in [0, 0.05) is 6.42 Å². The van der Waals surface area contributed by atoms with Crippen LogP contribution in [-0.4, -0.2) is 34.9 Å². The van der Waals surface area contributed by atoms with Crippen LogP contribution < -0.4 is 5.32 Å². The minimum atomic E-state index is -0.845. The van der Waals surface area contributed by atoms with Gasteiger partial charge in [0.05, 0.1) is 18.8 Å². The summed E-state index contributed by atoms with van der Waals surface area (Å²) in [5.74, 6) is -0.0756. The Morgan fingerprint density at radius 1 is 0.400 bits per heavy atom. The van der Waals surface area contributed by atoms with E-state index in [1.807, 2.05) is 6.08 Å². The lowest BCUT2D eigenvalue weighted by Crippen LogP contribution is -2.45. The standard InChI is InChI=1S/C56H107NO3/c1-3-5-7-9-11-13-15-17-19-20-21-22-23-24-25-26-27-28-29-30-31-32-33-34-35-36-38-39-41-43-45-47-49-51-55(59)54(53-58)57-56(60)52-50-48-46-44-42-40-37-18-16-14-12-10-8-6-4-2/h12,14,18,37,49,51,54-55,58-59H,3-11,13,15-17,19-36,38-48,50,52-53H2,1-2H3,(H,57,60)/b14-12-,37-18-,51-49+. The van der Waals surface area contributed by atoms with E-state index in [1.54, 1.807) is 6.08 Å². The number of unbranched alkanes of at least 4 members (excludes halogenated alkanes) is 39. The summed E-state index contributed by atoms with van der Waals surface area (Å²) in [7, 11) is 0. The first-order valence-corrected chi connectivity index (χ1v) is 27.2. The van der Waals surface area contributed by atoms with Crippen molar-refractivity contribution in [3.8, 4) is 0 Å². The van der Waals surface area contributed by atoms with Gasteiger partial charge in [0.2, 0.25) is 5.91 Å². The maximum atomic E-state index is 12.4. The summed E-state index contributed by atoms with van der Waals surface area (Å²) in [6.07, 6.45) is 70.2. The Bertz CT molecular complexity index is 912. The van der Waals surface area contributed by atoms with E-state index in [2.05, 4.69) is 43.5 Å². The highest BCUT2D eigenvalue weighted by Crippen LogP contribution is 2.17. The molecular formula is C56H107NO3. The lowest BCUT2D eigenvalue weighted by molar-refractivity contribution is -0.123. The van der Waals surface area contributed by atoms with Gasteiger partial charge in [-0.3, -0.25) is 4.79 Å². The molecule has 0 rings (SSSR count). The first kappa shape index (κ1) is 58.6.